The van der Waals surface area contributed by atoms with E-state index in [1.165, 1.54) is 23.5 Å². The third kappa shape index (κ3) is 2.60. The Labute approximate surface area is 130 Å². The minimum Gasteiger partial charge on any atom is -0.508 e. The van der Waals surface area contributed by atoms with Gasteiger partial charge in [-0.15, -0.1) is 11.3 Å². The van der Waals surface area contributed by atoms with Gasteiger partial charge in [0.15, 0.2) is 0 Å². The molecule has 0 aliphatic carbocycles. The zero-order chi connectivity index (χ0) is 15.7. The molecule has 0 saturated heterocycles. The molecule has 1 atom stereocenters. The summed E-state index contributed by atoms with van der Waals surface area (Å²) in [5.41, 5.74) is 0.479. The molecule has 2 N–H and O–H groups in total. The van der Waals surface area contributed by atoms with Gasteiger partial charge in [-0.05, 0) is 40.4 Å². The van der Waals surface area contributed by atoms with Crippen molar-refractivity contribution in [3.8, 4) is 11.5 Å². The Morgan fingerprint density at radius 1 is 1.18 bits per heavy atom. The fraction of sp³-hybridized carbons (Fsp3) is 0.125. The van der Waals surface area contributed by atoms with Gasteiger partial charge in [-0.3, -0.25) is 10.1 Å². The van der Waals surface area contributed by atoms with E-state index >= 15 is 0 Å². The second-order valence-electron chi connectivity index (χ2n) is 4.99. The zero-order valence-electron chi connectivity index (χ0n) is 11.5. The SMILES string of the molecule is O=[N+]([O-])CC(c1cccs1)c1c(O)ccc2ccc(O)cc12. The summed E-state index contributed by atoms with van der Waals surface area (Å²) in [6, 6.07) is 11.7. The van der Waals surface area contributed by atoms with Crippen LogP contribution >= 0.6 is 11.3 Å². The molecular formula is C16H13NO4S. The summed E-state index contributed by atoms with van der Waals surface area (Å²) in [5, 5.41) is 34.4. The van der Waals surface area contributed by atoms with Gasteiger partial charge in [0.05, 0.1) is 5.92 Å². The molecule has 0 amide bonds. The fourth-order valence-corrected chi connectivity index (χ4v) is 3.48. The molecule has 1 unspecified atom stereocenters. The molecule has 0 aliphatic rings. The van der Waals surface area contributed by atoms with Crippen LogP contribution in [0.4, 0.5) is 0 Å². The Bertz CT molecular complexity index is 824. The Balaban J connectivity index is 2.26. The molecule has 3 rings (SSSR count). The van der Waals surface area contributed by atoms with Crippen molar-refractivity contribution in [2.24, 2.45) is 0 Å². The van der Waals surface area contributed by atoms with Crippen molar-refractivity contribution in [1.29, 1.82) is 0 Å². The van der Waals surface area contributed by atoms with Crippen molar-refractivity contribution in [1.82, 2.24) is 0 Å². The van der Waals surface area contributed by atoms with Crippen molar-refractivity contribution in [2.75, 3.05) is 6.54 Å². The number of aromatic hydroxyl groups is 2. The highest BCUT2D eigenvalue weighted by Gasteiger charge is 2.26. The van der Waals surface area contributed by atoms with E-state index in [1.54, 1.807) is 18.2 Å². The van der Waals surface area contributed by atoms with Crippen LogP contribution in [-0.2, 0) is 0 Å². The van der Waals surface area contributed by atoms with Crippen molar-refractivity contribution in [2.45, 2.75) is 5.92 Å². The highest BCUT2D eigenvalue weighted by Crippen LogP contribution is 2.39. The number of nitro groups is 1. The maximum atomic E-state index is 11.1. The second kappa shape index (κ2) is 5.65. The number of hydrogen-bond acceptors (Lipinski definition) is 5. The van der Waals surface area contributed by atoms with Gasteiger partial charge in [0.25, 0.3) is 0 Å². The number of thiophene rings is 1. The van der Waals surface area contributed by atoms with Crippen LogP contribution in [0.3, 0.4) is 0 Å². The third-order valence-corrected chi connectivity index (χ3v) is 4.58. The molecule has 0 fully saturated rings. The number of phenols is 2. The minimum atomic E-state index is -0.555. The van der Waals surface area contributed by atoms with Crippen LogP contribution in [0.5, 0.6) is 11.5 Å². The lowest BCUT2D eigenvalue weighted by molar-refractivity contribution is -0.481. The maximum Gasteiger partial charge on any atom is 0.215 e. The molecule has 3 aromatic rings. The van der Waals surface area contributed by atoms with Gasteiger partial charge >= 0.3 is 0 Å². The Morgan fingerprint density at radius 2 is 1.95 bits per heavy atom. The van der Waals surface area contributed by atoms with E-state index in [0.717, 1.165) is 10.3 Å². The highest BCUT2D eigenvalue weighted by molar-refractivity contribution is 7.10. The lowest BCUT2D eigenvalue weighted by Gasteiger charge is -2.16. The molecule has 0 aliphatic heterocycles. The molecule has 1 heterocycles. The Morgan fingerprint density at radius 3 is 2.64 bits per heavy atom. The van der Waals surface area contributed by atoms with E-state index in [9.17, 15) is 20.3 Å². The van der Waals surface area contributed by atoms with Gasteiger partial charge in [-0.25, -0.2) is 0 Å². The zero-order valence-corrected chi connectivity index (χ0v) is 12.3. The van der Waals surface area contributed by atoms with E-state index in [1.807, 2.05) is 17.5 Å². The summed E-state index contributed by atoms with van der Waals surface area (Å²) in [5.74, 6) is -0.496. The van der Waals surface area contributed by atoms with Gasteiger partial charge in [0, 0.05) is 15.4 Å². The first-order valence-electron chi connectivity index (χ1n) is 6.66. The summed E-state index contributed by atoms with van der Waals surface area (Å²) in [7, 11) is 0. The van der Waals surface area contributed by atoms with Crippen LogP contribution in [0.1, 0.15) is 16.4 Å². The van der Waals surface area contributed by atoms with E-state index in [2.05, 4.69) is 0 Å². The summed E-state index contributed by atoms with van der Waals surface area (Å²) in [6.07, 6.45) is 0. The maximum absolute atomic E-state index is 11.1. The topological polar surface area (TPSA) is 83.6 Å². The lowest BCUT2D eigenvalue weighted by atomic mass is 9.91. The molecule has 0 saturated carbocycles. The first-order valence-corrected chi connectivity index (χ1v) is 7.54. The molecule has 112 valence electrons. The predicted molar refractivity (Wildman–Crippen MR) is 85.3 cm³/mol. The summed E-state index contributed by atoms with van der Waals surface area (Å²) in [6.45, 7) is -0.317. The van der Waals surface area contributed by atoms with E-state index in [-0.39, 0.29) is 23.0 Å². The molecule has 1 aromatic heterocycles. The normalized spacial score (nSPS) is 12.4. The van der Waals surface area contributed by atoms with Gasteiger partial charge in [-0.2, -0.15) is 0 Å². The quantitative estimate of drug-likeness (QED) is 0.567. The predicted octanol–water partition coefficient (Wildman–Crippen LogP) is 3.72. The van der Waals surface area contributed by atoms with Crippen molar-refractivity contribution < 1.29 is 15.1 Å². The van der Waals surface area contributed by atoms with E-state index in [0.29, 0.717) is 10.9 Å². The van der Waals surface area contributed by atoms with Crippen molar-refractivity contribution in [3.05, 3.63) is 68.4 Å². The third-order valence-electron chi connectivity index (χ3n) is 3.59. The highest BCUT2D eigenvalue weighted by atomic mass is 32.1. The van der Waals surface area contributed by atoms with Crippen LogP contribution in [0.15, 0.2) is 47.8 Å². The molecule has 2 aromatic carbocycles. The van der Waals surface area contributed by atoms with Gasteiger partial charge in [0.1, 0.15) is 11.5 Å². The van der Waals surface area contributed by atoms with Crippen LogP contribution < -0.4 is 0 Å². The number of nitrogens with zero attached hydrogens (tertiary/aromatic N) is 1. The molecule has 5 nitrogen and oxygen atoms in total. The van der Waals surface area contributed by atoms with Crippen LogP contribution in [0.2, 0.25) is 0 Å². The van der Waals surface area contributed by atoms with Crippen LogP contribution in [-0.4, -0.2) is 21.7 Å². The average molecular weight is 315 g/mol. The largest absolute Gasteiger partial charge is 0.508 e. The molecule has 0 radical (unpaired) electrons. The Hall–Kier alpha value is -2.60. The first-order chi connectivity index (χ1) is 10.6. The number of rotatable bonds is 4. The Kier molecular flexibility index (Phi) is 3.68. The molecule has 0 bridgehead atoms. The standard InChI is InChI=1S/C16H13NO4S/c18-11-5-3-10-4-6-14(19)16(12(10)8-11)13(9-17(20)21)15-2-1-7-22-15/h1-8,13,18-19H,9H2. The average Bonchev–Trinajstić information content (AvgIpc) is 2.99. The smallest absolute Gasteiger partial charge is 0.215 e. The van der Waals surface area contributed by atoms with Gasteiger partial charge in [0.2, 0.25) is 6.54 Å². The van der Waals surface area contributed by atoms with Gasteiger partial charge in [-0.1, -0.05) is 18.2 Å². The second-order valence-corrected chi connectivity index (χ2v) is 5.97. The summed E-state index contributed by atoms with van der Waals surface area (Å²) in [4.78, 5) is 11.5. The van der Waals surface area contributed by atoms with E-state index < -0.39 is 5.92 Å². The molecular weight excluding hydrogens is 302 g/mol. The molecule has 22 heavy (non-hydrogen) atoms. The fourth-order valence-electron chi connectivity index (χ4n) is 2.65. The number of benzene rings is 2. The monoisotopic (exact) mass is 315 g/mol. The number of fused-ring (bicyclic) bond motifs is 1. The van der Waals surface area contributed by atoms with Crippen LogP contribution in [0, 0.1) is 10.1 Å². The van der Waals surface area contributed by atoms with E-state index in [4.69, 9.17) is 0 Å². The molecule has 0 spiro atoms. The number of hydrogen-bond donors (Lipinski definition) is 2. The van der Waals surface area contributed by atoms with Crippen molar-refractivity contribution in [3.63, 3.8) is 0 Å². The minimum absolute atomic E-state index is 0.00153. The van der Waals surface area contributed by atoms with Crippen molar-refractivity contribution >= 4 is 22.1 Å². The molecule has 6 heteroatoms. The summed E-state index contributed by atoms with van der Waals surface area (Å²) >= 11 is 1.41. The van der Waals surface area contributed by atoms with Gasteiger partial charge < -0.3 is 10.2 Å². The summed E-state index contributed by atoms with van der Waals surface area (Å²) < 4.78 is 0. The number of phenolic OH excluding ortho intramolecular Hbond substituents is 2. The van der Waals surface area contributed by atoms with Crippen LogP contribution in [0.25, 0.3) is 10.8 Å². The lowest BCUT2D eigenvalue weighted by Crippen LogP contribution is -2.13. The first kappa shape index (κ1) is 14.3.